The maximum Gasteiger partial charge on any atom is 0.328 e. The van der Waals surface area contributed by atoms with Crippen LogP contribution in [0.25, 0.3) is 0 Å². The van der Waals surface area contributed by atoms with E-state index in [2.05, 4.69) is 6.92 Å². The molecule has 1 atom stereocenters. The Hall–Kier alpha value is -1.71. The molecule has 0 aliphatic heterocycles. The first-order valence-electron chi connectivity index (χ1n) is 6.39. The molecular formula is C14H22N2O2. The van der Waals surface area contributed by atoms with E-state index in [1.54, 1.807) is 0 Å². The topological polar surface area (TPSA) is 55.6 Å². The Kier molecular flexibility index (Phi) is 5.49. The first-order valence-corrected chi connectivity index (χ1v) is 6.39. The van der Waals surface area contributed by atoms with Crippen LogP contribution < -0.4 is 10.6 Å². The second kappa shape index (κ2) is 6.89. The predicted molar refractivity (Wildman–Crippen MR) is 74.6 cm³/mol. The van der Waals surface area contributed by atoms with Crippen molar-refractivity contribution in [3.63, 3.8) is 0 Å². The fourth-order valence-electron chi connectivity index (χ4n) is 1.88. The van der Waals surface area contributed by atoms with Gasteiger partial charge in [0.15, 0.2) is 0 Å². The van der Waals surface area contributed by atoms with Crippen molar-refractivity contribution < 1.29 is 9.53 Å². The number of nitrogens with two attached hydrogens (primary N) is 1. The smallest absolute Gasteiger partial charge is 0.328 e. The van der Waals surface area contributed by atoms with Crippen molar-refractivity contribution in [1.29, 1.82) is 0 Å². The van der Waals surface area contributed by atoms with Gasteiger partial charge in [0.2, 0.25) is 0 Å². The fourth-order valence-corrected chi connectivity index (χ4v) is 1.88. The molecule has 100 valence electrons. The highest BCUT2D eigenvalue weighted by Crippen LogP contribution is 2.20. The first-order chi connectivity index (χ1) is 8.60. The maximum absolute atomic E-state index is 11.8. The number of carbonyl (C=O) groups is 1. The summed E-state index contributed by atoms with van der Waals surface area (Å²) in [5.74, 6) is -0.201. The fraction of sp³-hybridized carbons (Fsp3) is 0.500. The summed E-state index contributed by atoms with van der Waals surface area (Å²) in [7, 11) is 0. The van der Waals surface area contributed by atoms with Crippen molar-refractivity contribution in [2.75, 3.05) is 23.8 Å². The second-order valence-corrected chi connectivity index (χ2v) is 4.22. The molecule has 4 nitrogen and oxygen atoms in total. The highest BCUT2D eigenvalue weighted by molar-refractivity contribution is 5.80. The molecule has 1 aromatic carbocycles. The van der Waals surface area contributed by atoms with Gasteiger partial charge in [-0.25, -0.2) is 4.79 Å². The molecule has 0 saturated heterocycles. The Labute approximate surface area is 109 Å². The number of hydrogen-bond acceptors (Lipinski definition) is 4. The average molecular weight is 250 g/mol. The molecule has 0 amide bonds. The van der Waals surface area contributed by atoms with Crippen LogP contribution in [0, 0.1) is 0 Å². The zero-order chi connectivity index (χ0) is 13.5. The van der Waals surface area contributed by atoms with Gasteiger partial charge in [-0.15, -0.1) is 0 Å². The van der Waals surface area contributed by atoms with E-state index in [4.69, 9.17) is 10.5 Å². The van der Waals surface area contributed by atoms with Gasteiger partial charge in [-0.3, -0.25) is 0 Å². The van der Waals surface area contributed by atoms with Crippen molar-refractivity contribution in [2.24, 2.45) is 0 Å². The third kappa shape index (κ3) is 3.65. The number of carbonyl (C=O) groups excluding carboxylic acids is 1. The number of rotatable bonds is 6. The van der Waals surface area contributed by atoms with Gasteiger partial charge in [0.25, 0.3) is 0 Å². The minimum atomic E-state index is -0.299. The van der Waals surface area contributed by atoms with Crippen LogP contribution in [0.15, 0.2) is 24.3 Å². The zero-order valence-electron chi connectivity index (χ0n) is 11.3. The lowest BCUT2D eigenvalue weighted by Crippen LogP contribution is -2.40. The summed E-state index contributed by atoms with van der Waals surface area (Å²) in [4.78, 5) is 13.8. The number of nitrogens with zero attached hydrogens (tertiary/aromatic N) is 1. The lowest BCUT2D eigenvalue weighted by molar-refractivity contribution is -0.144. The Morgan fingerprint density at radius 2 is 2.17 bits per heavy atom. The summed E-state index contributed by atoms with van der Waals surface area (Å²) in [5, 5.41) is 0. The van der Waals surface area contributed by atoms with Gasteiger partial charge in [-0.1, -0.05) is 13.0 Å². The van der Waals surface area contributed by atoms with E-state index in [0.717, 1.165) is 18.7 Å². The predicted octanol–water partition coefficient (Wildman–Crippen LogP) is 2.44. The van der Waals surface area contributed by atoms with E-state index in [0.29, 0.717) is 12.3 Å². The van der Waals surface area contributed by atoms with Crippen molar-refractivity contribution >= 4 is 17.3 Å². The summed E-state index contributed by atoms with van der Waals surface area (Å²) >= 11 is 0. The van der Waals surface area contributed by atoms with E-state index in [1.165, 1.54) is 0 Å². The summed E-state index contributed by atoms with van der Waals surface area (Å²) in [6.45, 7) is 6.95. The van der Waals surface area contributed by atoms with Gasteiger partial charge in [0.05, 0.1) is 6.61 Å². The van der Waals surface area contributed by atoms with Crippen molar-refractivity contribution in [3.05, 3.63) is 24.3 Å². The number of esters is 1. The highest BCUT2D eigenvalue weighted by atomic mass is 16.5. The first kappa shape index (κ1) is 14.4. The molecule has 0 bridgehead atoms. The van der Waals surface area contributed by atoms with E-state index in [9.17, 15) is 4.79 Å². The lowest BCUT2D eigenvalue weighted by atomic mass is 10.2. The van der Waals surface area contributed by atoms with Crippen LogP contribution in [0.3, 0.4) is 0 Å². The molecule has 0 aromatic heterocycles. The van der Waals surface area contributed by atoms with E-state index >= 15 is 0 Å². The minimum absolute atomic E-state index is 0.201. The van der Waals surface area contributed by atoms with E-state index in [1.807, 2.05) is 43.0 Å². The number of benzene rings is 1. The molecule has 1 unspecified atom stereocenters. The van der Waals surface area contributed by atoms with Gasteiger partial charge in [0.1, 0.15) is 6.04 Å². The van der Waals surface area contributed by atoms with Gasteiger partial charge in [-0.2, -0.15) is 0 Å². The Balaban J connectivity index is 2.91. The van der Waals surface area contributed by atoms with Gasteiger partial charge >= 0.3 is 5.97 Å². The number of ether oxygens (including phenoxy) is 1. The van der Waals surface area contributed by atoms with Gasteiger partial charge in [-0.05, 0) is 38.5 Å². The lowest BCUT2D eigenvalue weighted by Gasteiger charge is -2.29. The van der Waals surface area contributed by atoms with Gasteiger partial charge < -0.3 is 15.4 Å². The monoisotopic (exact) mass is 250 g/mol. The van der Waals surface area contributed by atoms with Crippen LogP contribution in [0.5, 0.6) is 0 Å². The van der Waals surface area contributed by atoms with Crippen LogP contribution in [0.2, 0.25) is 0 Å². The van der Waals surface area contributed by atoms with E-state index in [-0.39, 0.29) is 12.0 Å². The molecule has 0 aliphatic carbocycles. The normalized spacial score (nSPS) is 11.9. The van der Waals surface area contributed by atoms with Crippen LogP contribution in [-0.2, 0) is 9.53 Å². The summed E-state index contributed by atoms with van der Waals surface area (Å²) < 4.78 is 5.07. The van der Waals surface area contributed by atoms with Crippen LogP contribution in [0.4, 0.5) is 11.4 Å². The third-order valence-electron chi connectivity index (χ3n) is 2.76. The number of nitrogen functional groups attached to an aromatic ring is 1. The van der Waals surface area contributed by atoms with Crippen LogP contribution in [-0.4, -0.2) is 25.2 Å². The van der Waals surface area contributed by atoms with Crippen LogP contribution in [0.1, 0.15) is 27.2 Å². The molecule has 1 aromatic rings. The van der Waals surface area contributed by atoms with Crippen molar-refractivity contribution in [3.8, 4) is 0 Å². The molecule has 18 heavy (non-hydrogen) atoms. The number of anilines is 2. The van der Waals surface area contributed by atoms with Gasteiger partial charge in [0, 0.05) is 17.9 Å². The summed E-state index contributed by atoms with van der Waals surface area (Å²) in [5.41, 5.74) is 7.44. The Bertz CT molecular complexity index is 393. The zero-order valence-corrected chi connectivity index (χ0v) is 11.3. The van der Waals surface area contributed by atoms with Crippen LogP contribution >= 0.6 is 0 Å². The van der Waals surface area contributed by atoms with Crippen molar-refractivity contribution in [1.82, 2.24) is 0 Å². The van der Waals surface area contributed by atoms with E-state index < -0.39 is 0 Å². The molecule has 2 N–H and O–H groups in total. The molecular weight excluding hydrogens is 228 g/mol. The molecule has 0 heterocycles. The quantitative estimate of drug-likeness (QED) is 0.622. The maximum atomic E-state index is 11.8. The molecule has 0 fully saturated rings. The Morgan fingerprint density at radius 1 is 1.44 bits per heavy atom. The molecule has 1 rings (SSSR count). The highest BCUT2D eigenvalue weighted by Gasteiger charge is 2.22. The Morgan fingerprint density at radius 3 is 2.72 bits per heavy atom. The standard InChI is InChI=1S/C14H22N2O2/c1-4-9-16(11(3)14(17)18-5-2)13-8-6-7-12(15)10-13/h6-8,10-11H,4-5,9,15H2,1-3H3. The number of hydrogen-bond donors (Lipinski definition) is 1. The SMILES string of the molecule is CCCN(c1cccc(N)c1)C(C)C(=O)OCC. The summed E-state index contributed by atoms with van der Waals surface area (Å²) in [6.07, 6.45) is 0.957. The molecule has 0 saturated carbocycles. The molecule has 0 radical (unpaired) electrons. The summed E-state index contributed by atoms with van der Waals surface area (Å²) in [6, 6.07) is 7.27. The molecule has 0 spiro atoms. The minimum Gasteiger partial charge on any atom is -0.464 e. The second-order valence-electron chi connectivity index (χ2n) is 4.22. The van der Waals surface area contributed by atoms with Crippen molar-refractivity contribution in [2.45, 2.75) is 33.2 Å². The molecule has 0 aliphatic rings. The largest absolute Gasteiger partial charge is 0.464 e. The molecule has 4 heteroatoms. The average Bonchev–Trinajstić information content (AvgIpc) is 2.35. The third-order valence-corrected chi connectivity index (χ3v) is 2.76.